The van der Waals surface area contributed by atoms with Crippen LogP contribution in [0.25, 0.3) is 0 Å². The average Bonchev–Trinajstić information content (AvgIpc) is 2.56. The Labute approximate surface area is 142 Å². The fraction of sp³-hybridized carbons (Fsp3) is 0.812. The van der Waals surface area contributed by atoms with Crippen molar-refractivity contribution in [2.24, 2.45) is 0 Å². The van der Waals surface area contributed by atoms with Crippen LogP contribution in [0.2, 0.25) is 0 Å². The maximum atomic E-state index is 12.1. The number of rotatable bonds is 13. The van der Waals surface area contributed by atoms with Gasteiger partial charge in [0, 0.05) is 31.8 Å². The minimum Gasteiger partial charge on any atom is -0.433 e. The van der Waals surface area contributed by atoms with E-state index in [4.69, 9.17) is 20.1 Å². The fourth-order valence-corrected chi connectivity index (χ4v) is 2.26. The van der Waals surface area contributed by atoms with E-state index in [0.29, 0.717) is 12.8 Å². The third-order valence-electron chi connectivity index (χ3n) is 3.58. The first kappa shape index (κ1) is 23.0. The number of carbonyl (C=O) groups excluding carboxylic acids is 1. The Hall–Kier alpha value is -1.03. The molecule has 0 bridgehead atoms. The van der Waals surface area contributed by atoms with Crippen molar-refractivity contribution < 1.29 is 40.2 Å². The van der Waals surface area contributed by atoms with Gasteiger partial charge in [-0.15, -0.1) is 0 Å². The molecule has 0 spiro atoms. The number of aliphatic hydroxyl groups excluding tert-OH is 6. The molecule has 8 nitrogen and oxygen atoms in total. The molecule has 3 atom stereocenters. The number of hydrogen-bond acceptors (Lipinski definition) is 8. The summed E-state index contributed by atoms with van der Waals surface area (Å²) >= 11 is 0. The number of hydrogen-bond donors (Lipinski definition) is 6. The van der Waals surface area contributed by atoms with E-state index >= 15 is 0 Å². The normalized spacial score (nSPS) is 14.8. The predicted octanol–water partition coefficient (Wildman–Crippen LogP) is -0.796. The molecule has 6 N–H and O–H groups in total. The monoisotopic (exact) mass is 350 g/mol. The van der Waals surface area contributed by atoms with E-state index in [0.717, 1.165) is 0 Å². The van der Waals surface area contributed by atoms with Crippen molar-refractivity contribution in [2.75, 3.05) is 19.8 Å². The first-order chi connectivity index (χ1) is 11.4. The van der Waals surface area contributed by atoms with Crippen LogP contribution in [0.1, 0.15) is 45.4 Å². The van der Waals surface area contributed by atoms with Gasteiger partial charge in [-0.1, -0.05) is 0 Å². The van der Waals surface area contributed by atoms with Gasteiger partial charge >= 0.3 is 5.97 Å². The molecule has 0 radical (unpaired) electrons. The number of carbonyl (C=O) groups is 1. The van der Waals surface area contributed by atoms with E-state index in [2.05, 4.69) is 0 Å². The van der Waals surface area contributed by atoms with Crippen LogP contribution in [0, 0.1) is 0 Å². The van der Waals surface area contributed by atoms with Crippen molar-refractivity contribution in [3.05, 3.63) is 11.1 Å². The summed E-state index contributed by atoms with van der Waals surface area (Å²) in [4.78, 5) is 12.1. The lowest BCUT2D eigenvalue weighted by atomic mass is 9.92. The molecule has 0 heterocycles. The average molecular weight is 350 g/mol. The molecule has 0 aliphatic rings. The highest BCUT2D eigenvalue weighted by Crippen LogP contribution is 2.22. The van der Waals surface area contributed by atoms with Crippen molar-refractivity contribution in [1.82, 2.24) is 0 Å². The maximum absolute atomic E-state index is 12.1. The lowest BCUT2D eigenvalue weighted by Gasteiger charge is -2.23. The van der Waals surface area contributed by atoms with Crippen molar-refractivity contribution in [3.8, 4) is 0 Å². The molecule has 0 aliphatic carbocycles. The molecule has 3 unspecified atom stereocenters. The Morgan fingerprint density at radius 2 is 1.25 bits per heavy atom. The summed E-state index contributed by atoms with van der Waals surface area (Å²) in [6.45, 7) is 0.954. The Kier molecular flexibility index (Phi) is 12.7. The van der Waals surface area contributed by atoms with Crippen molar-refractivity contribution in [1.29, 1.82) is 0 Å². The largest absolute Gasteiger partial charge is 0.433 e. The second-order valence-corrected chi connectivity index (χ2v) is 5.57. The zero-order valence-electron chi connectivity index (χ0n) is 14.1. The van der Waals surface area contributed by atoms with Crippen LogP contribution < -0.4 is 0 Å². The SMILES string of the molecule is CC(C(=O)OC(O)CCCO)=C(C(O)CCCO)C(O)CCCO. The van der Waals surface area contributed by atoms with Crippen molar-refractivity contribution in [2.45, 2.75) is 63.9 Å². The van der Waals surface area contributed by atoms with Gasteiger partial charge in [0.25, 0.3) is 0 Å². The van der Waals surface area contributed by atoms with Crippen LogP contribution >= 0.6 is 0 Å². The number of ether oxygens (including phenoxy) is 1. The highest BCUT2D eigenvalue weighted by molar-refractivity contribution is 5.89. The lowest BCUT2D eigenvalue weighted by molar-refractivity contribution is -0.164. The molecule has 0 aliphatic heterocycles. The lowest BCUT2D eigenvalue weighted by Crippen LogP contribution is -2.28. The summed E-state index contributed by atoms with van der Waals surface area (Å²) in [5.74, 6) is -0.874. The first-order valence-electron chi connectivity index (χ1n) is 8.17. The molecule has 0 aromatic heterocycles. The molecule has 142 valence electrons. The molecular weight excluding hydrogens is 320 g/mol. The molecular formula is C16H30O8. The van der Waals surface area contributed by atoms with E-state index in [1.54, 1.807) is 0 Å². The summed E-state index contributed by atoms with van der Waals surface area (Å²) in [7, 11) is 0. The quantitative estimate of drug-likeness (QED) is 0.144. The Morgan fingerprint density at radius 1 is 0.833 bits per heavy atom. The van der Waals surface area contributed by atoms with E-state index in [1.807, 2.05) is 0 Å². The number of aliphatic hydroxyl groups is 6. The highest BCUT2D eigenvalue weighted by Gasteiger charge is 2.26. The molecule has 0 saturated carbocycles. The summed E-state index contributed by atoms with van der Waals surface area (Å²) in [6.07, 6.45) is -2.45. The van der Waals surface area contributed by atoms with Crippen molar-refractivity contribution in [3.63, 3.8) is 0 Å². The third kappa shape index (κ3) is 8.72. The van der Waals surface area contributed by atoms with Crippen LogP contribution in [0.4, 0.5) is 0 Å². The molecule has 0 fully saturated rings. The van der Waals surface area contributed by atoms with Crippen molar-refractivity contribution >= 4 is 5.97 Å². The molecule has 0 saturated heterocycles. The van der Waals surface area contributed by atoms with E-state index in [9.17, 15) is 20.1 Å². The molecule has 0 amide bonds. The van der Waals surface area contributed by atoms with Crippen LogP contribution in [-0.2, 0) is 9.53 Å². The Balaban J connectivity index is 5.15. The van der Waals surface area contributed by atoms with Gasteiger partial charge in [-0.25, -0.2) is 4.79 Å². The number of esters is 1. The van der Waals surface area contributed by atoms with Gasteiger partial charge in [-0.2, -0.15) is 0 Å². The van der Waals surface area contributed by atoms with Gasteiger partial charge in [0.1, 0.15) is 0 Å². The van der Waals surface area contributed by atoms with E-state index in [1.165, 1.54) is 6.92 Å². The minimum atomic E-state index is -1.38. The zero-order valence-corrected chi connectivity index (χ0v) is 14.1. The van der Waals surface area contributed by atoms with Gasteiger partial charge in [-0.3, -0.25) is 0 Å². The summed E-state index contributed by atoms with van der Waals surface area (Å²) < 4.78 is 4.83. The van der Waals surface area contributed by atoms with Gasteiger partial charge in [0.15, 0.2) is 0 Å². The minimum absolute atomic E-state index is 0.0195. The second-order valence-electron chi connectivity index (χ2n) is 5.57. The third-order valence-corrected chi connectivity index (χ3v) is 3.58. The summed E-state index contributed by atoms with van der Waals surface area (Å²) in [6, 6.07) is 0. The predicted molar refractivity (Wildman–Crippen MR) is 85.8 cm³/mol. The van der Waals surface area contributed by atoms with E-state index < -0.39 is 24.5 Å². The molecule has 24 heavy (non-hydrogen) atoms. The zero-order chi connectivity index (χ0) is 18.5. The van der Waals surface area contributed by atoms with Gasteiger partial charge in [0.2, 0.25) is 6.29 Å². The molecule has 8 heteroatoms. The second kappa shape index (κ2) is 13.3. The van der Waals surface area contributed by atoms with Gasteiger partial charge in [0.05, 0.1) is 12.2 Å². The fourth-order valence-electron chi connectivity index (χ4n) is 2.26. The Bertz CT molecular complexity index is 366. The Morgan fingerprint density at radius 3 is 1.67 bits per heavy atom. The molecule has 0 aromatic rings. The van der Waals surface area contributed by atoms with Gasteiger partial charge in [-0.05, 0) is 44.6 Å². The topological polar surface area (TPSA) is 148 Å². The summed E-state index contributed by atoms with van der Waals surface area (Å²) in [5, 5.41) is 56.4. The first-order valence-corrected chi connectivity index (χ1v) is 8.17. The summed E-state index contributed by atoms with van der Waals surface area (Å²) in [5.41, 5.74) is 0.0465. The smallest absolute Gasteiger partial charge is 0.336 e. The molecule has 0 rings (SSSR count). The van der Waals surface area contributed by atoms with Crippen LogP contribution in [0.5, 0.6) is 0 Å². The highest BCUT2D eigenvalue weighted by atomic mass is 16.6. The van der Waals surface area contributed by atoms with E-state index in [-0.39, 0.29) is 56.7 Å². The van der Waals surface area contributed by atoms with Crippen LogP contribution in [-0.4, -0.2) is 74.9 Å². The van der Waals surface area contributed by atoms with Gasteiger partial charge < -0.3 is 35.4 Å². The standard InChI is InChI=1S/C16H30O8/c1-11(16(23)24-14(22)7-4-10-19)15(12(20)5-2-8-17)13(21)6-3-9-18/h12-14,17-22H,2-10H2,1H3. The van der Waals surface area contributed by atoms with Crippen LogP contribution in [0.3, 0.4) is 0 Å². The molecule has 0 aromatic carbocycles. The maximum Gasteiger partial charge on any atom is 0.336 e. The van der Waals surface area contributed by atoms with Crippen LogP contribution in [0.15, 0.2) is 11.1 Å².